The summed E-state index contributed by atoms with van der Waals surface area (Å²) in [6.07, 6.45) is 4.38. The average molecular weight is 211 g/mol. The fourth-order valence-electron chi connectivity index (χ4n) is 1.32. The van der Waals surface area contributed by atoms with Gasteiger partial charge in [-0.2, -0.15) is 0 Å². The second kappa shape index (κ2) is 3.34. The van der Waals surface area contributed by atoms with E-state index in [0.29, 0.717) is 6.42 Å². The number of hydrogen-bond acceptors (Lipinski definition) is 4. The van der Waals surface area contributed by atoms with Gasteiger partial charge < -0.3 is 10.8 Å². The number of fused-ring (bicyclic) bond motifs is 1. The molecule has 0 bridgehead atoms. The second-order valence-electron chi connectivity index (χ2n) is 3.70. The van der Waals surface area contributed by atoms with Crippen molar-refractivity contribution in [1.82, 2.24) is 9.38 Å². The molecule has 14 heavy (non-hydrogen) atoms. The molecule has 2 aromatic rings. The average Bonchev–Trinajstić information content (AvgIpc) is 2.63. The molecule has 5 heteroatoms. The molecule has 1 atom stereocenters. The molecule has 3 N–H and O–H groups in total. The van der Waals surface area contributed by atoms with Crippen LogP contribution in [-0.2, 0) is 6.42 Å². The van der Waals surface area contributed by atoms with Crippen LogP contribution in [0.25, 0.3) is 4.96 Å². The van der Waals surface area contributed by atoms with Gasteiger partial charge in [-0.25, -0.2) is 4.98 Å². The Morgan fingerprint density at radius 3 is 3.14 bits per heavy atom. The van der Waals surface area contributed by atoms with E-state index >= 15 is 0 Å². The number of aromatic nitrogens is 2. The Morgan fingerprint density at radius 1 is 1.71 bits per heavy atom. The largest absolute Gasteiger partial charge is 0.388 e. The lowest BCUT2D eigenvalue weighted by atomic mass is 10.0. The molecule has 76 valence electrons. The first-order valence-corrected chi connectivity index (χ1v) is 5.32. The monoisotopic (exact) mass is 211 g/mol. The lowest BCUT2D eigenvalue weighted by Crippen LogP contribution is -2.36. The van der Waals surface area contributed by atoms with Gasteiger partial charge in [0.15, 0.2) is 4.96 Å². The van der Waals surface area contributed by atoms with Crippen LogP contribution in [-0.4, -0.2) is 26.6 Å². The minimum atomic E-state index is -0.857. The van der Waals surface area contributed by atoms with Crippen molar-refractivity contribution in [2.24, 2.45) is 5.73 Å². The van der Waals surface area contributed by atoms with E-state index in [2.05, 4.69) is 4.98 Å². The van der Waals surface area contributed by atoms with E-state index in [0.717, 1.165) is 10.7 Å². The number of nitrogens with two attached hydrogens (primary N) is 1. The van der Waals surface area contributed by atoms with E-state index in [-0.39, 0.29) is 6.54 Å². The fraction of sp³-hybridized carbons (Fsp3) is 0.444. The number of thiazole rings is 1. The summed E-state index contributed by atoms with van der Waals surface area (Å²) in [6, 6.07) is 0. The van der Waals surface area contributed by atoms with Crippen LogP contribution in [0, 0.1) is 0 Å². The molecule has 0 saturated carbocycles. The molecule has 2 rings (SSSR count). The molecule has 0 spiro atoms. The van der Waals surface area contributed by atoms with Crippen molar-refractivity contribution in [3.8, 4) is 0 Å². The van der Waals surface area contributed by atoms with Gasteiger partial charge in [0.05, 0.1) is 11.3 Å². The Hall–Kier alpha value is -0.910. The second-order valence-corrected chi connectivity index (χ2v) is 4.58. The summed E-state index contributed by atoms with van der Waals surface area (Å²) in [7, 11) is 0. The van der Waals surface area contributed by atoms with Gasteiger partial charge in [-0.05, 0) is 6.92 Å². The highest BCUT2D eigenvalue weighted by atomic mass is 32.1. The van der Waals surface area contributed by atoms with E-state index in [1.54, 1.807) is 18.3 Å². The Kier molecular flexibility index (Phi) is 2.30. The molecule has 0 amide bonds. The predicted molar refractivity (Wildman–Crippen MR) is 56.5 cm³/mol. The van der Waals surface area contributed by atoms with E-state index in [4.69, 9.17) is 5.73 Å². The zero-order valence-electron chi connectivity index (χ0n) is 7.97. The van der Waals surface area contributed by atoms with Crippen LogP contribution >= 0.6 is 11.3 Å². The lowest BCUT2D eigenvalue weighted by Gasteiger charge is -2.18. The Morgan fingerprint density at radius 2 is 2.50 bits per heavy atom. The summed E-state index contributed by atoms with van der Waals surface area (Å²) in [5.41, 5.74) is 5.47. The zero-order valence-corrected chi connectivity index (χ0v) is 8.79. The Labute approximate surface area is 86.0 Å². The van der Waals surface area contributed by atoms with Crippen LogP contribution in [0.5, 0.6) is 0 Å². The first-order chi connectivity index (χ1) is 6.61. The molecule has 0 fully saturated rings. The molecule has 4 nitrogen and oxygen atoms in total. The van der Waals surface area contributed by atoms with Gasteiger partial charge in [0.2, 0.25) is 0 Å². The minimum Gasteiger partial charge on any atom is -0.388 e. The van der Waals surface area contributed by atoms with Crippen LogP contribution in [0.4, 0.5) is 0 Å². The van der Waals surface area contributed by atoms with E-state index < -0.39 is 5.60 Å². The fourth-order valence-corrected chi connectivity index (χ4v) is 2.04. The normalized spacial score (nSPS) is 15.9. The van der Waals surface area contributed by atoms with Crippen molar-refractivity contribution in [3.63, 3.8) is 0 Å². The van der Waals surface area contributed by atoms with Crippen molar-refractivity contribution in [2.45, 2.75) is 18.9 Å². The number of rotatable bonds is 3. The summed E-state index contributed by atoms with van der Waals surface area (Å²) in [6.45, 7) is 1.97. The highest BCUT2D eigenvalue weighted by molar-refractivity contribution is 7.15. The third kappa shape index (κ3) is 1.79. The summed E-state index contributed by atoms with van der Waals surface area (Å²) in [4.78, 5) is 5.32. The molecule has 2 heterocycles. The van der Waals surface area contributed by atoms with Crippen LogP contribution in [0.3, 0.4) is 0 Å². The maximum absolute atomic E-state index is 9.77. The number of imidazole rings is 1. The van der Waals surface area contributed by atoms with Crippen LogP contribution in [0.1, 0.15) is 12.6 Å². The first kappa shape index (κ1) is 9.64. The van der Waals surface area contributed by atoms with Gasteiger partial charge in [0, 0.05) is 30.7 Å². The lowest BCUT2D eigenvalue weighted by molar-refractivity contribution is 0.0688. The van der Waals surface area contributed by atoms with Crippen molar-refractivity contribution in [2.75, 3.05) is 6.54 Å². The molecule has 0 aliphatic carbocycles. The quantitative estimate of drug-likeness (QED) is 0.783. The van der Waals surface area contributed by atoms with Crippen molar-refractivity contribution in [3.05, 3.63) is 23.5 Å². The molecular formula is C9H13N3OS. The van der Waals surface area contributed by atoms with Crippen molar-refractivity contribution >= 4 is 16.3 Å². The number of aliphatic hydroxyl groups is 1. The number of hydrogen-bond donors (Lipinski definition) is 2. The first-order valence-electron chi connectivity index (χ1n) is 4.44. The molecule has 0 saturated heterocycles. The third-order valence-electron chi connectivity index (χ3n) is 2.14. The molecule has 0 aliphatic rings. The maximum atomic E-state index is 9.77. The molecule has 0 radical (unpaired) electrons. The van der Waals surface area contributed by atoms with Gasteiger partial charge in [-0.15, -0.1) is 11.3 Å². The minimum absolute atomic E-state index is 0.248. The highest BCUT2D eigenvalue weighted by Gasteiger charge is 2.20. The van der Waals surface area contributed by atoms with Crippen molar-refractivity contribution < 1.29 is 5.11 Å². The summed E-state index contributed by atoms with van der Waals surface area (Å²) in [5, 5.41) is 11.7. The molecule has 0 aliphatic heterocycles. The maximum Gasteiger partial charge on any atom is 0.193 e. The zero-order chi connectivity index (χ0) is 10.2. The molecular weight excluding hydrogens is 198 g/mol. The molecule has 2 aromatic heterocycles. The smallest absolute Gasteiger partial charge is 0.193 e. The highest BCUT2D eigenvalue weighted by Crippen LogP contribution is 2.15. The summed E-state index contributed by atoms with van der Waals surface area (Å²) < 4.78 is 1.95. The van der Waals surface area contributed by atoms with Gasteiger partial charge >= 0.3 is 0 Å². The van der Waals surface area contributed by atoms with Crippen LogP contribution < -0.4 is 5.73 Å². The van der Waals surface area contributed by atoms with Gasteiger partial charge in [0.1, 0.15) is 0 Å². The molecule has 1 unspecified atom stereocenters. The van der Waals surface area contributed by atoms with Crippen LogP contribution in [0.2, 0.25) is 0 Å². The van der Waals surface area contributed by atoms with Gasteiger partial charge in [0.25, 0.3) is 0 Å². The van der Waals surface area contributed by atoms with E-state index in [9.17, 15) is 5.11 Å². The topological polar surface area (TPSA) is 63.5 Å². The van der Waals surface area contributed by atoms with Gasteiger partial charge in [-0.3, -0.25) is 4.40 Å². The number of nitrogens with zero attached hydrogens (tertiary/aromatic N) is 2. The van der Waals surface area contributed by atoms with Gasteiger partial charge in [-0.1, -0.05) is 0 Å². The van der Waals surface area contributed by atoms with E-state index in [1.165, 1.54) is 0 Å². The summed E-state index contributed by atoms with van der Waals surface area (Å²) in [5.74, 6) is 0. The van der Waals surface area contributed by atoms with Crippen LogP contribution in [0.15, 0.2) is 17.8 Å². The molecule has 0 aromatic carbocycles. The third-order valence-corrected chi connectivity index (χ3v) is 2.92. The Balaban J connectivity index is 2.23. The summed E-state index contributed by atoms with van der Waals surface area (Å²) >= 11 is 1.58. The van der Waals surface area contributed by atoms with Crippen molar-refractivity contribution in [1.29, 1.82) is 0 Å². The Bertz CT molecular complexity index is 403. The SMILES string of the molecule is CC(O)(CN)Cc1cn2ccsc2n1. The van der Waals surface area contributed by atoms with E-state index in [1.807, 2.05) is 22.2 Å². The predicted octanol–water partition coefficient (Wildman–Crippen LogP) is 0.648. The standard InChI is InChI=1S/C9H13N3OS/c1-9(13,6-10)4-7-5-12-2-3-14-8(12)11-7/h2-3,5,13H,4,6,10H2,1H3.